The number of aromatic carboxylic acids is 1. The van der Waals surface area contributed by atoms with Gasteiger partial charge in [-0.2, -0.15) is 0 Å². The van der Waals surface area contributed by atoms with Gasteiger partial charge in [-0.05, 0) is 72.6 Å². The highest BCUT2D eigenvalue weighted by molar-refractivity contribution is 8.18. The van der Waals surface area contributed by atoms with Crippen LogP contribution in [0, 0.1) is 13.8 Å². The highest BCUT2D eigenvalue weighted by Crippen LogP contribution is 2.30. The predicted molar refractivity (Wildman–Crippen MR) is 131 cm³/mol. The first kappa shape index (κ1) is 22.4. The van der Waals surface area contributed by atoms with Gasteiger partial charge in [0.25, 0.3) is 5.91 Å². The second kappa shape index (κ2) is 9.75. The molecule has 6 nitrogen and oxygen atoms in total. The van der Waals surface area contributed by atoms with Crippen molar-refractivity contribution in [2.45, 2.75) is 20.5 Å². The van der Waals surface area contributed by atoms with Crippen molar-refractivity contribution in [2.24, 2.45) is 4.99 Å². The Morgan fingerprint density at radius 3 is 2.64 bits per heavy atom. The number of aryl methyl sites for hydroxylation is 2. The Morgan fingerprint density at radius 2 is 1.88 bits per heavy atom. The molecular weight excluding hydrogens is 436 g/mol. The van der Waals surface area contributed by atoms with Crippen LogP contribution < -0.4 is 10.1 Å². The van der Waals surface area contributed by atoms with Gasteiger partial charge in [-0.25, -0.2) is 9.79 Å². The molecule has 1 fully saturated rings. The number of aliphatic imine (C=N–C) groups is 1. The smallest absolute Gasteiger partial charge is 0.335 e. The van der Waals surface area contributed by atoms with Crippen molar-refractivity contribution in [3.63, 3.8) is 0 Å². The number of carbonyl (C=O) groups excluding carboxylic acids is 1. The molecule has 4 rings (SSSR count). The zero-order valence-electron chi connectivity index (χ0n) is 18.2. The lowest BCUT2D eigenvalue weighted by Crippen LogP contribution is -2.19. The number of nitrogens with one attached hydrogen (secondary N) is 1. The van der Waals surface area contributed by atoms with E-state index < -0.39 is 5.97 Å². The van der Waals surface area contributed by atoms with Gasteiger partial charge in [0.1, 0.15) is 12.4 Å². The molecule has 0 saturated carbocycles. The molecule has 3 aromatic carbocycles. The van der Waals surface area contributed by atoms with Gasteiger partial charge in [-0.1, -0.05) is 48.0 Å². The number of nitrogens with zero attached hydrogens (tertiary/aromatic N) is 1. The van der Waals surface area contributed by atoms with Gasteiger partial charge in [0, 0.05) is 0 Å². The first-order valence-electron chi connectivity index (χ1n) is 10.3. The van der Waals surface area contributed by atoms with E-state index >= 15 is 0 Å². The lowest BCUT2D eigenvalue weighted by Gasteiger charge is -2.07. The molecule has 0 aromatic heterocycles. The van der Waals surface area contributed by atoms with Gasteiger partial charge in [-0.3, -0.25) is 4.79 Å². The Hall–Kier alpha value is -3.84. The molecule has 0 radical (unpaired) electrons. The summed E-state index contributed by atoms with van der Waals surface area (Å²) in [6, 6.07) is 20.4. The molecule has 3 aromatic rings. The molecule has 1 heterocycles. The molecule has 0 spiro atoms. The number of benzene rings is 3. The standard InChI is InChI=1S/C26H22N2O4S/c1-16-6-9-18(10-7-16)15-32-21-5-3-4-19(12-21)13-23-24(29)28-26(33-23)27-22-14-20(25(30)31)11-8-17(22)2/h3-14H,15H2,1-2H3,(H,30,31)(H,27,28,29). The number of rotatable bonds is 6. The SMILES string of the molecule is Cc1ccc(COc2cccc(C=C3SC(=Nc4cc(C(=O)O)ccc4C)NC3=O)c2)cc1. The van der Waals surface area contributed by atoms with E-state index in [1.54, 1.807) is 12.1 Å². The first-order chi connectivity index (χ1) is 15.9. The first-order valence-corrected chi connectivity index (χ1v) is 11.1. The van der Waals surface area contributed by atoms with Crippen molar-refractivity contribution in [1.29, 1.82) is 0 Å². The molecule has 0 aliphatic carbocycles. The van der Waals surface area contributed by atoms with E-state index in [2.05, 4.69) is 10.3 Å². The lowest BCUT2D eigenvalue weighted by atomic mass is 10.1. The van der Waals surface area contributed by atoms with Gasteiger partial charge >= 0.3 is 5.97 Å². The van der Waals surface area contributed by atoms with Crippen LogP contribution in [0.1, 0.15) is 32.6 Å². The summed E-state index contributed by atoms with van der Waals surface area (Å²) in [4.78, 5) is 28.6. The number of ether oxygens (including phenoxy) is 1. The van der Waals surface area contributed by atoms with Gasteiger partial charge in [0.15, 0.2) is 5.17 Å². The second-order valence-electron chi connectivity index (χ2n) is 7.63. The molecule has 7 heteroatoms. The minimum atomic E-state index is -1.02. The number of hydrogen-bond donors (Lipinski definition) is 2. The van der Waals surface area contributed by atoms with Crippen molar-refractivity contribution < 1.29 is 19.4 Å². The minimum absolute atomic E-state index is 0.146. The summed E-state index contributed by atoms with van der Waals surface area (Å²) in [6.07, 6.45) is 1.78. The number of carbonyl (C=O) groups is 2. The van der Waals surface area contributed by atoms with Crippen molar-refractivity contribution in [2.75, 3.05) is 0 Å². The number of thioether (sulfide) groups is 1. The zero-order valence-corrected chi connectivity index (χ0v) is 19.0. The van der Waals surface area contributed by atoms with E-state index in [0.717, 1.165) is 16.7 Å². The third-order valence-corrected chi connectivity index (χ3v) is 5.92. The van der Waals surface area contributed by atoms with Crippen LogP contribution in [0.25, 0.3) is 6.08 Å². The van der Waals surface area contributed by atoms with Gasteiger partial charge in [-0.15, -0.1) is 0 Å². The van der Waals surface area contributed by atoms with Crippen LogP contribution in [0.3, 0.4) is 0 Å². The number of hydrogen-bond acceptors (Lipinski definition) is 5. The molecule has 166 valence electrons. The van der Waals surface area contributed by atoms with Crippen LogP contribution in [0.5, 0.6) is 5.75 Å². The number of carboxylic acids is 1. The van der Waals surface area contributed by atoms with Crippen LogP contribution in [-0.4, -0.2) is 22.2 Å². The molecule has 1 aliphatic rings. The fourth-order valence-corrected chi connectivity index (χ4v) is 3.98. The van der Waals surface area contributed by atoms with Crippen molar-refractivity contribution in [3.8, 4) is 5.75 Å². The maximum absolute atomic E-state index is 12.5. The van der Waals surface area contributed by atoms with Crippen LogP contribution >= 0.6 is 11.8 Å². The Labute approximate surface area is 196 Å². The highest BCUT2D eigenvalue weighted by atomic mass is 32.2. The average Bonchev–Trinajstić information content (AvgIpc) is 3.13. The molecule has 0 bridgehead atoms. The maximum atomic E-state index is 12.5. The van der Waals surface area contributed by atoms with E-state index in [-0.39, 0.29) is 11.5 Å². The fourth-order valence-electron chi connectivity index (χ4n) is 3.15. The molecule has 1 saturated heterocycles. The van der Waals surface area contributed by atoms with Crippen LogP contribution in [0.15, 0.2) is 76.6 Å². The van der Waals surface area contributed by atoms with Crippen molar-refractivity contribution in [3.05, 3.63) is 99.5 Å². The summed E-state index contributed by atoms with van der Waals surface area (Å²) in [5.74, 6) is -0.565. The third-order valence-electron chi connectivity index (χ3n) is 5.01. The summed E-state index contributed by atoms with van der Waals surface area (Å²) in [6.45, 7) is 4.34. The molecule has 1 aliphatic heterocycles. The molecule has 33 heavy (non-hydrogen) atoms. The van der Waals surface area contributed by atoms with Gasteiger partial charge in [0.05, 0.1) is 16.2 Å². The summed E-state index contributed by atoms with van der Waals surface area (Å²) < 4.78 is 5.90. The quantitative estimate of drug-likeness (QED) is 0.478. The van der Waals surface area contributed by atoms with Gasteiger partial charge in [0.2, 0.25) is 0 Å². The van der Waals surface area contributed by atoms with E-state index in [9.17, 15) is 14.7 Å². The molecule has 0 atom stereocenters. The molecule has 2 N–H and O–H groups in total. The largest absolute Gasteiger partial charge is 0.489 e. The Morgan fingerprint density at radius 1 is 1.09 bits per heavy atom. The summed E-state index contributed by atoms with van der Waals surface area (Å²) in [5, 5.41) is 12.4. The second-order valence-corrected chi connectivity index (χ2v) is 8.67. The zero-order chi connectivity index (χ0) is 23.4. The van der Waals surface area contributed by atoms with E-state index in [1.807, 2.05) is 62.4 Å². The summed E-state index contributed by atoms with van der Waals surface area (Å²) in [5.41, 5.74) is 4.58. The normalized spacial score (nSPS) is 15.6. The molecule has 1 amide bonds. The third kappa shape index (κ3) is 5.70. The van der Waals surface area contributed by atoms with E-state index in [4.69, 9.17) is 4.74 Å². The summed E-state index contributed by atoms with van der Waals surface area (Å²) >= 11 is 1.21. The predicted octanol–water partition coefficient (Wildman–Crippen LogP) is 5.47. The fraction of sp³-hybridized carbons (Fsp3) is 0.115. The molecular formula is C26H22N2O4S. The number of amidine groups is 1. The van der Waals surface area contributed by atoms with E-state index in [0.29, 0.717) is 28.1 Å². The topological polar surface area (TPSA) is 88.0 Å². The number of amides is 1. The van der Waals surface area contributed by atoms with Crippen LogP contribution in [0.4, 0.5) is 5.69 Å². The van der Waals surface area contributed by atoms with Crippen molar-refractivity contribution in [1.82, 2.24) is 5.32 Å². The Balaban J connectivity index is 1.48. The van der Waals surface area contributed by atoms with Crippen LogP contribution in [-0.2, 0) is 11.4 Å². The Bertz CT molecular complexity index is 1280. The summed E-state index contributed by atoms with van der Waals surface area (Å²) in [7, 11) is 0. The van der Waals surface area contributed by atoms with Gasteiger partial charge < -0.3 is 15.2 Å². The van der Waals surface area contributed by atoms with Crippen molar-refractivity contribution >= 4 is 40.6 Å². The lowest BCUT2D eigenvalue weighted by molar-refractivity contribution is -0.115. The number of carboxylic acid groups (broad SMARTS) is 1. The van der Waals surface area contributed by atoms with Crippen LogP contribution in [0.2, 0.25) is 0 Å². The Kier molecular flexibility index (Phi) is 6.60. The monoisotopic (exact) mass is 458 g/mol. The maximum Gasteiger partial charge on any atom is 0.335 e. The highest BCUT2D eigenvalue weighted by Gasteiger charge is 2.24. The average molecular weight is 459 g/mol. The minimum Gasteiger partial charge on any atom is -0.489 e. The van der Waals surface area contributed by atoms with E-state index in [1.165, 1.54) is 29.5 Å². The molecule has 0 unspecified atom stereocenters.